The van der Waals surface area contributed by atoms with Crippen molar-refractivity contribution in [1.29, 1.82) is 0 Å². The van der Waals surface area contributed by atoms with E-state index in [0.717, 1.165) is 0 Å². The predicted octanol–water partition coefficient (Wildman–Crippen LogP) is -0.0711. The van der Waals surface area contributed by atoms with Gasteiger partial charge in [-0.3, -0.25) is 0 Å². The van der Waals surface area contributed by atoms with E-state index < -0.39 is 46.5 Å². The summed E-state index contributed by atoms with van der Waals surface area (Å²) in [7, 11) is 0. The molecule has 0 saturated carbocycles. The zero-order chi connectivity index (χ0) is 44.7. The van der Waals surface area contributed by atoms with Crippen molar-refractivity contribution < 1.29 is 83.6 Å². The molecule has 0 spiro atoms. The Kier molecular flexibility index (Phi) is 11.1. The molecule has 0 fully saturated rings. The molecule has 0 amide bonds. The molecule has 16 bridgehead atoms. The largest absolute Gasteiger partial charge is 2.00 e. The summed E-state index contributed by atoms with van der Waals surface area (Å²) in [6.07, 6.45) is 11.0. The summed E-state index contributed by atoms with van der Waals surface area (Å²) in [5.74, 6) is -8.43. The van der Waals surface area contributed by atoms with E-state index in [1.54, 1.807) is 19.1 Å². The van der Waals surface area contributed by atoms with E-state index >= 15 is 0 Å². The Morgan fingerprint density at radius 3 is 0.864 bits per heavy atom. The summed E-state index contributed by atoms with van der Waals surface area (Å²) in [6.45, 7) is 1.68. The number of hydrogen-bond acceptors (Lipinski definition) is 14. The van der Waals surface area contributed by atoms with E-state index in [2.05, 4.69) is 29.9 Å². The summed E-state index contributed by atoms with van der Waals surface area (Å²) < 4.78 is 0. The van der Waals surface area contributed by atoms with Crippen molar-refractivity contribution >= 4 is 123 Å². The van der Waals surface area contributed by atoms with Gasteiger partial charge in [-0.1, -0.05) is 48.5 Å². The van der Waals surface area contributed by atoms with Crippen molar-refractivity contribution in [3.8, 4) is 11.1 Å². The number of aromatic nitrogens is 8. The molecule has 6 aromatic rings. The third kappa shape index (κ3) is 7.21. The van der Waals surface area contributed by atoms with E-state index in [1.165, 1.54) is 85.0 Å². The monoisotopic (exact) mass is 953 g/mol. The van der Waals surface area contributed by atoms with Gasteiger partial charge < -0.3 is 69.4 Å². The van der Waals surface area contributed by atoms with Crippen LogP contribution >= 0.6 is 0 Å². The smallest absolute Gasteiger partial charge is 0.657 e. The Morgan fingerprint density at radius 2 is 0.545 bits per heavy atom. The number of carboxylic acids is 5. The Bertz CT molecular complexity index is 3680. The molecule has 4 aliphatic heterocycles. The number of fused-ring (bicyclic) bond motifs is 16. The second kappa shape index (κ2) is 16.6. The second-order valence-electron chi connectivity index (χ2n) is 14.4. The van der Waals surface area contributed by atoms with Crippen molar-refractivity contribution in [1.82, 2.24) is 39.9 Å². The molecule has 0 unspecified atom stereocenters. The fourth-order valence-electron chi connectivity index (χ4n) is 7.87. The molecule has 20 heteroatoms. The van der Waals surface area contributed by atoms with Crippen molar-refractivity contribution in [2.45, 2.75) is 6.92 Å². The molecular weight excluding hydrogens is 934 g/mol. The molecule has 0 aliphatic carbocycles. The average molecular weight is 954 g/mol. The average Bonchev–Trinajstić information content (AvgIpc) is 4.08. The topological polar surface area (TPSA) is 309 Å². The molecule has 18 nitrogen and oxygen atoms in total. The van der Waals surface area contributed by atoms with Crippen LogP contribution in [0.1, 0.15) is 103 Å². The number of nitrogens with zero attached hydrogens (tertiary/aromatic N) is 8. The molecule has 6 aromatic heterocycles. The van der Waals surface area contributed by atoms with Crippen LogP contribution in [-0.4, -0.2) is 49.8 Å². The number of carboxylic acid groups (broad SMARTS) is 5. The van der Waals surface area contributed by atoms with Crippen LogP contribution in [0.4, 0.5) is 0 Å². The van der Waals surface area contributed by atoms with E-state index in [4.69, 9.17) is 9.97 Å². The minimum Gasteiger partial charge on any atom is -0.657 e. The Hall–Kier alpha value is -8.41. The zero-order valence-corrected chi connectivity index (χ0v) is 35.5. The quantitative estimate of drug-likeness (QED) is 0.197. The van der Waals surface area contributed by atoms with Crippen LogP contribution in [0.15, 0.2) is 48.5 Å². The van der Waals surface area contributed by atoms with Crippen molar-refractivity contribution in [3.05, 3.63) is 127 Å². The van der Waals surface area contributed by atoms with Gasteiger partial charge in [0.1, 0.15) is 0 Å². The molecular formula is C46H19Mn2N8O10-5. The van der Waals surface area contributed by atoms with Gasteiger partial charge in [-0.2, -0.15) is 0 Å². The van der Waals surface area contributed by atoms with Gasteiger partial charge >= 0.3 is 34.1 Å². The minimum absolute atomic E-state index is 0. The van der Waals surface area contributed by atoms with Crippen molar-refractivity contribution in [3.63, 3.8) is 0 Å². The summed E-state index contributed by atoms with van der Waals surface area (Å²) >= 11 is 0. The standard InChI is InChI=1S/C46H28N8O10.2Mn/c1-18-19-2-4-25(47-19)37(42(55)56)27-10-6-21(49-27)35(22-7-11-28(50-22)38(43(57)58)26-5-3-20(18)48-26)36-23-8-12-29(51-23)39(44(59)60)31-14-16-33(53-31)41(46(63)64)34-17-15-32(54-34)40(45(61)62)30-13-9-24(36)52-30;;/h2-17H,1H3,(H9,47,48,49,50,51,52,53,54,55,56,57,58,59,60,61,62,63,64);;/q;2*+2/p-9. The Balaban J connectivity index is 0.00000296. The molecule has 0 atom stereocenters. The van der Waals surface area contributed by atoms with Gasteiger partial charge in [0.15, 0.2) is 0 Å². The van der Waals surface area contributed by atoms with Gasteiger partial charge in [0, 0.05) is 27.8 Å². The van der Waals surface area contributed by atoms with E-state index in [-0.39, 0.29) is 135 Å². The van der Waals surface area contributed by atoms with Crippen LogP contribution in [0.5, 0.6) is 0 Å². The summed E-state index contributed by atoms with van der Waals surface area (Å²) in [4.78, 5) is 100. The van der Waals surface area contributed by atoms with Gasteiger partial charge in [-0.25, -0.2) is 19.9 Å². The third-order valence-corrected chi connectivity index (χ3v) is 10.7. The second-order valence-corrected chi connectivity index (χ2v) is 14.4. The third-order valence-electron chi connectivity index (χ3n) is 10.7. The van der Waals surface area contributed by atoms with Crippen LogP contribution in [0.3, 0.4) is 0 Å². The molecule has 2 radical (unpaired) electrons. The molecule has 4 aliphatic rings. The van der Waals surface area contributed by atoms with Crippen LogP contribution in [0.25, 0.3) is 104 Å². The van der Waals surface area contributed by atoms with Crippen molar-refractivity contribution in [2.24, 2.45) is 0 Å². The zero-order valence-electron chi connectivity index (χ0n) is 33.2. The van der Waals surface area contributed by atoms with E-state index in [1.807, 2.05) is 0 Å². The van der Waals surface area contributed by atoms with Gasteiger partial charge in [-0.15, -0.1) is 44.1 Å². The number of rotatable bonds is 6. The van der Waals surface area contributed by atoms with Gasteiger partial charge in [-0.05, 0) is 72.2 Å². The van der Waals surface area contributed by atoms with Crippen LogP contribution in [0, 0.1) is 6.92 Å². The SMILES string of the molecule is Cc1c2nc(c(C(=O)[O-])c3ccc([n-]3)c(-c3c4nc(c(C(=O)[O-])c5ccc([n-]5)c(C(=O)[O-])c5nc(c(C(=O)[O-])c6ccc3[n-]6)C=C5)C=C4)c3nc(c(C(=O)[O-])c4ccc1[n-]4)C=C3)C=C2.[Mn+2].[Mn+2]. The van der Waals surface area contributed by atoms with Crippen LogP contribution in [0.2, 0.25) is 0 Å². The normalized spacial score (nSPS) is 12.1. The fourth-order valence-corrected chi connectivity index (χ4v) is 7.87. The molecule has 0 N–H and O–H groups in total. The maximum absolute atomic E-state index is 12.9. The summed E-state index contributed by atoms with van der Waals surface area (Å²) in [6, 6.07) is 11.0. The van der Waals surface area contributed by atoms with Crippen molar-refractivity contribution in [2.75, 3.05) is 0 Å². The maximum atomic E-state index is 12.9. The van der Waals surface area contributed by atoms with Crippen LogP contribution in [-0.2, 0) is 34.1 Å². The molecule has 0 saturated heterocycles. The summed E-state index contributed by atoms with van der Waals surface area (Å²) in [5, 5.41) is 63.8. The first-order valence-electron chi connectivity index (χ1n) is 18.9. The van der Waals surface area contributed by atoms with E-state index in [0.29, 0.717) is 16.8 Å². The fraction of sp³-hybridized carbons (Fsp3) is 0.0217. The number of carbonyl (C=O) groups is 5. The first kappa shape index (κ1) is 44.2. The molecule has 10 rings (SSSR count). The van der Waals surface area contributed by atoms with E-state index in [9.17, 15) is 49.5 Å². The summed E-state index contributed by atoms with van der Waals surface area (Å²) in [5.41, 5.74) is -2.90. The number of aromatic carboxylic acids is 5. The molecule has 10 heterocycles. The number of hydrogen-bond donors (Lipinski definition) is 0. The molecule has 322 valence electrons. The van der Waals surface area contributed by atoms with Gasteiger partial charge in [0.2, 0.25) is 0 Å². The number of carbonyl (C=O) groups excluding carboxylic acids is 5. The maximum Gasteiger partial charge on any atom is 2.00 e. The van der Waals surface area contributed by atoms with Crippen LogP contribution < -0.4 is 45.5 Å². The minimum atomic E-state index is -1.74. The number of aryl methyl sites for hydroxylation is 1. The first-order chi connectivity index (χ1) is 30.7. The molecule has 0 aromatic carbocycles. The van der Waals surface area contributed by atoms with Gasteiger partial charge in [0.05, 0.1) is 75.4 Å². The Morgan fingerprint density at radius 1 is 0.333 bits per heavy atom. The predicted molar refractivity (Wildman–Crippen MR) is 219 cm³/mol. The Labute approximate surface area is 389 Å². The first-order valence-corrected chi connectivity index (χ1v) is 18.9. The molecule has 66 heavy (non-hydrogen) atoms. The van der Waals surface area contributed by atoms with Gasteiger partial charge in [0.25, 0.3) is 0 Å².